The zero-order chi connectivity index (χ0) is 15.6. The zero-order valence-electron chi connectivity index (χ0n) is 11.4. The second-order valence-corrected chi connectivity index (χ2v) is 4.25. The smallest absolute Gasteiger partial charge is 0.198 e. The summed E-state index contributed by atoms with van der Waals surface area (Å²) in [6.45, 7) is 0. The Morgan fingerprint density at radius 3 is 2.19 bits per heavy atom. The number of carbonyl (C=O) groups is 1. The van der Waals surface area contributed by atoms with Gasteiger partial charge in [-0.25, -0.2) is 8.78 Å². The normalized spacial score (nSPS) is 10.3. The molecule has 4 nitrogen and oxygen atoms in total. The molecule has 0 bridgehead atoms. The number of ketones is 1. The van der Waals surface area contributed by atoms with Crippen LogP contribution in [0.25, 0.3) is 0 Å². The minimum Gasteiger partial charge on any atom is -0.493 e. The van der Waals surface area contributed by atoms with E-state index in [9.17, 15) is 13.6 Å². The lowest BCUT2D eigenvalue weighted by Gasteiger charge is -2.11. The van der Waals surface area contributed by atoms with Crippen molar-refractivity contribution in [3.05, 3.63) is 53.1 Å². The summed E-state index contributed by atoms with van der Waals surface area (Å²) in [5.41, 5.74) is 5.32. The lowest BCUT2D eigenvalue weighted by Crippen LogP contribution is -2.08. The number of nitrogens with two attached hydrogens (primary N) is 1. The summed E-state index contributed by atoms with van der Waals surface area (Å²) in [5, 5.41) is 0. The van der Waals surface area contributed by atoms with Gasteiger partial charge in [0.1, 0.15) is 11.6 Å². The minimum atomic E-state index is -0.777. The Labute approximate surface area is 120 Å². The molecule has 0 aliphatic heterocycles. The topological polar surface area (TPSA) is 61.5 Å². The number of carbonyl (C=O) groups excluding carboxylic acids is 1. The van der Waals surface area contributed by atoms with Gasteiger partial charge >= 0.3 is 0 Å². The van der Waals surface area contributed by atoms with E-state index in [4.69, 9.17) is 15.2 Å². The van der Waals surface area contributed by atoms with Crippen LogP contribution in [0.5, 0.6) is 11.5 Å². The summed E-state index contributed by atoms with van der Waals surface area (Å²) in [6.07, 6.45) is 0. The van der Waals surface area contributed by atoms with Crippen LogP contribution in [0.2, 0.25) is 0 Å². The first-order valence-corrected chi connectivity index (χ1v) is 5.99. The zero-order valence-corrected chi connectivity index (χ0v) is 11.4. The summed E-state index contributed by atoms with van der Waals surface area (Å²) in [5.74, 6) is -1.63. The van der Waals surface area contributed by atoms with E-state index >= 15 is 0 Å². The highest BCUT2D eigenvalue weighted by atomic mass is 19.1. The second-order valence-electron chi connectivity index (χ2n) is 4.25. The Kier molecular flexibility index (Phi) is 4.07. The summed E-state index contributed by atoms with van der Waals surface area (Å²) in [6, 6.07) is 5.57. The van der Waals surface area contributed by atoms with Crippen molar-refractivity contribution in [3.8, 4) is 11.5 Å². The molecule has 2 N–H and O–H groups in total. The fourth-order valence-corrected chi connectivity index (χ4v) is 1.91. The van der Waals surface area contributed by atoms with Crippen molar-refractivity contribution in [1.29, 1.82) is 0 Å². The van der Waals surface area contributed by atoms with Gasteiger partial charge in [0, 0.05) is 17.3 Å². The van der Waals surface area contributed by atoms with Crippen molar-refractivity contribution in [1.82, 2.24) is 0 Å². The highest BCUT2D eigenvalue weighted by Crippen LogP contribution is 2.31. The number of ether oxygens (including phenoxy) is 2. The number of benzene rings is 2. The molecule has 110 valence electrons. The average Bonchev–Trinajstić information content (AvgIpc) is 2.46. The molecule has 0 amide bonds. The molecule has 0 heterocycles. The first kappa shape index (κ1) is 14.8. The lowest BCUT2D eigenvalue weighted by molar-refractivity contribution is 0.103. The number of rotatable bonds is 4. The van der Waals surface area contributed by atoms with Crippen molar-refractivity contribution >= 4 is 11.5 Å². The van der Waals surface area contributed by atoms with Gasteiger partial charge in [0.15, 0.2) is 17.3 Å². The molecule has 0 aliphatic carbocycles. The summed E-state index contributed by atoms with van der Waals surface area (Å²) in [7, 11) is 2.73. The summed E-state index contributed by atoms with van der Waals surface area (Å²) >= 11 is 0. The van der Waals surface area contributed by atoms with Crippen LogP contribution >= 0.6 is 0 Å². The average molecular weight is 293 g/mol. The van der Waals surface area contributed by atoms with Gasteiger partial charge < -0.3 is 15.2 Å². The van der Waals surface area contributed by atoms with Gasteiger partial charge in [0.25, 0.3) is 0 Å². The molecule has 0 atom stereocenters. The van der Waals surface area contributed by atoms with E-state index in [0.717, 1.165) is 18.2 Å². The molecular weight excluding hydrogens is 280 g/mol. The Hall–Kier alpha value is -2.63. The third kappa shape index (κ3) is 2.79. The molecule has 0 aromatic heterocycles. The number of nitrogen functional groups attached to an aromatic ring is 1. The van der Waals surface area contributed by atoms with Gasteiger partial charge in [-0.05, 0) is 24.3 Å². The molecule has 0 spiro atoms. The summed E-state index contributed by atoms with van der Waals surface area (Å²) < 4.78 is 37.0. The quantitative estimate of drug-likeness (QED) is 0.695. The van der Waals surface area contributed by atoms with Crippen molar-refractivity contribution < 1.29 is 23.0 Å². The van der Waals surface area contributed by atoms with Gasteiger partial charge in [0.2, 0.25) is 0 Å². The predicted octanol–water partition coefficient (Wildman–Crippen LogP) is 2.80. The molecule has 0 radical (unpaired) electrons. The molecular formula is C15H13F2NO3. The van der Waals surface area contributed by atoms with Crippen LogP contribution in [0.15, 0.2) is 30.3 Å². The van der Waals surface area contributed by atoms with Crippen LogP contribution in [-0.2, 0) is 0 Å². The predicted molar refractivity (Wildman–Crippen MR) is 73.7 cm³/mol. The largest absolute Gasteiger partial charge is 0.493 e. The van der Waals surface area contributed by atoms with Gasteiger partial charge in [-0.3, -0.25) is 4.79 Å². The highest BCUT2D eigenvalue weighted by Gasteiger charge is 2.20. The molecule has 2 aromatic carbocycles. The number of hydrogen-bond donors (Lipinski definition) is 1. The standard InChI is InChI=1S/C15H13F2NO3/c1-20-13-6-10(11(17)7-14(13)21-2)15(19)9-4-3-8(16)5-12(9)18/h3-7H,18H2,1-2H3. The van der Waals surface area contributed by atoms with E-state index < -0.39 is 17.4 Å². The van der Waals surface area contributed by atoms with Crippen molar-refractivity contribution in [3.63, 3.8) is 0 Å². The molecule has 21 heavy (non-hydrogen) atoms. The maximum Gasteiger partial charge on any atom is 0.198 e. The van der Waals surface area contributed by atoms with E-state index in [0.29, 0.717) is 0 Å². The Morgan fingerprint density at radius 1 is 1.00 bits per heavy atom. The van der Waals surface area contributed by atoms with Crippen molar-refractivity contribution in [2.75, 3.05) is 20.0 Å². The van der Waals surface area contributed by atoms with Crippen LogP contribution in [0.1, 0.15) is 15.9 Å². The van der Waals surface area contributed by atoms with Crippen LogP contribution in [-0.4, -0.2) is 20.0 Å². The molecule has 0 fully saturated rings. The third-order valence-corrected chi connectivity index (χ3v) is 2.98. The van der Waals surface area contributed by atoms with Crippen LogP contribution in [0, 0.1) is 11.6 Å². The monoisotopic (exact) mass is 293 g/mol. The molecule has 2 rings (SSSR count). The van der Waals surface area contributed by atoms with Crippen LogP contribution < -0.4 is 15.2 Å². The fraction of sp³-hybridized carbons (Fsp3) is 0.133. The van der Waals surface area contributed by atoms with E-state index in [-0.39, 0.29) is 28.3 Å². The van der Waals surface area contributed by atoms with Gasteiger partial charge in [0.05, 0.1) is 19.8 Å². The first-order chi connectivity index (χ1) is 9.97. The van der Waals surface area contributed by atoms with E-state index in [1.54, 1.807) is 0 Å². The molecule has 0 aliphatic rings. The maximum absolute atomic E-state index is 14.0. The van der Waals surface area contributed by atoms with Crippen molar-refractivity contribution in [2.45, 2.75) is 0 Å². The van der Waals surface area contributed by atoms with E-state index in [1.807, 2.05) is 0 Å². The summed E-state index contributed by atoms with van der Waals surface area (Å²) in [4.78, 5) is 12.3. The van der Waals surface area contributed by atoms with Gasteiger partial charge in [-0.15, -0.1) is 0 Å². The lowest BCUT2D eigenvalue weighted by atomic mass is 10.0. The van der Waals surface area contributed by atoms with Gasteiger partial charge in [-0.2, -0.15) is 0 Å². The second kappa shape index (κ2) is 5.78. The number of anilines is 1. The number of methoxy groups -OCH3 is 2. The molecule has 0 saturated carbocycles. The third-order valence-electron chi connectivity index (χ3n) is 2.98. The van der Waals surface area contributed by atoms with E-state index in [1.165, 1.54) is 26.4 Å². The number of halogens is 2. The molecule has 0 unspecified atom stereocenters. The van der Waals surface area contributed by atoms with E-state index in [2.05, 4.69) is 0 Å². The highest BCUT2D eigenvalue weighted by molar-refractivity contribution is 6.12. The molecule has 0 saturated heterocycles. The maximum atomic E-state index is 14.0. The number of hydrogen-bond acceptors (Lipinski definition) is 4. The first-order valence-electron chi connectivity index (χ1n) is 5.99. The van der Waals surface area contributed by atoms with Gasteiger partial charge in [-0.1, -0.05) is 0 Å². The minimum absolute atomic E-state index is 0.0162. The SMILES string of the molecule is COc1cc(F)c(C(=O)c2ccc(F)cc2N)cc1OC. The molecule has 6 heteroatoms. The Morgan fingerprint density at radius 2 is 1.62 bits per heavy atom. The Balaban J connectivity index is 2.53. The van der Waals surface area contributed by atoms with Crippen molar-refractivity contribution in [2.24, 2.45) is 0 Å². The fourth-order valence-electron chi connectivity index (χ4n) is 1.91. The van der Waals surface area contributed by atoms with Crippen LogP contribution in [0.3, 0.4) is 0 Å². The molecule has 2 aromatic rings. The Bertz CT molecular complexity index is 702. The van der Waals surface area contributed by atoms with Crippen LogP contribution in [0.4, 0.5) is 14.5 Å².